The first-order chi connectivity index (χ1) is 12.7. The lowest BCUT2D eigenvalue weighted by atomic mass is 9.93. The summed E-state index contributed by atoms with van der Waals surface area (Å²) in [5.74, 6) is 1.95. The Balaban J connectivity index is 1.59. The first-order valence-electron chi connectivity index (χ1n) is 10.2. The average Bonchev–Trinajstić information content (AvgIpc) is 2.69. The predicted molar refractivity (Wildman–Crippen MR) is 107 cm³/mol. The number of aliphatic imine (C=N–C) groups is 1. The smallest absolute Gasteiger partial charge is 0.191 e. The number of nitrogens with one attached hydrogen (secondary N) is 2. The van der Waals surface area contributed by atoms with Crippen molar-refractivity contribution < 1.29 is 5.11 Å². The molecule has 6 heteroatoms. The van der Waals surface area contributed by atoms with Gasteiger partial charge < -0.3 is 20.6 Å². The van der Waals surface area contributed by atoms with Crippen LogP contribution in [-0.2, 0) is 6.54 Å². The number of piperidine rings is 1. The van der Waals surface area contributed by atoms with Gasteiger partial charge in [0.25, 0.3) is 0 Å². The zero-order chi connectivity index (χ0) is 18.2. The fraction of sp³-hybridized carbons (Fsp3) is 0.700. The van der Waals surface area contributed by atoms with Crippen molar-refractivity contribution in [3.8, 4) is 0 Å². The fourth-order valence-electron chi connectivity index (χ4n) is 3.76. The topological polar surface area (TPSA) is 72.8 Å². The molecule has 1 aliphatic carbocycles. The molecule has 1 saturated carbocycles. The van der Waals surface area contributed by atoms with E-state index in [2.05, 4.69) is 39.6 Å². The van der Waals surface area contributed by atoms with E-state index < -0.39 is 0 Å². The van der Waals surface area contributed by atoms with Crippen LogP contribution in [-0.4, -0.2) is 47.8 Å². The molecule has 1 aliphatic heterocycles. The number of guanidine groups is 1. The van der Waals surface area contributed by atoms with Gasteiger partial charge in [0.15, 0.2) is 5.96 Å². The second kappa shape index (κ2) is 9.76. The molecule has 1 saturated heterocycles. The van der Waals surface area contributed by atoms with Crippen LogP contribution < -0.4 is 15.5 Å². The van der Waals surface area contributed by atoms with E-state index in [4.69, 9.17) is 4.99 Å². The van der Waals surface area contributed by atoms with Crippen molar-refractivity contribution in [3.05, 3.63) is 23.9 Å². The number of hydrogen-bond acceptors (Lipinski definition) is 4. The Morgan fingerprint density at radius 3 is 2.73 bits per heavy atom. The van der Waals surface area contributed by atoms with Crippen LogP contribution in [0.15, 0.2) is 23.3 Å². The van der Waals surface area contributed by atoms with E-state index in [1.807, 2.05) is 6.20 Å². The highest BCUT2D eigenvalue weighted by Crippen LogP contribution is 2.19. The lowest BCUT2D eigenvalue weighted by molar-refractivity contribution is 0.120. The number of aliphatic hydroxyl groups is 1. The maximum absolute atomic E-state index is 9.67. The number of hydrogen-bond donors (Lipinski definition) is 3. The lowest BCUT2D eigenvalue weighted by Crippen LogP contribution is -2.45. The summed E-state index contributed by atoms with van der Waals surface area (Å²) in [5.41, 5.74) is 1.19. The molecule has 26 heavy (non-hydrogen) atoms. The first-order valence-corrected chi connectivity index (χ1v) is 10.2. The van der Waals surface area contributed by atoms with Crippen molar-refractivity contribution in [3.63, 3.8) is 0 Å². The van der Waals surface area contributed by atoms with E-state index in [1.165, 1.54) is 24.8 Å². The summed E-state index contributed by atoms with van der Waals surface area (Å²) < 4.78 is 0. The number of anilines is 1. The van der Waals surface area contributed by atoms with E-state index in [0.717, 1.165) is 57.1 Å². The highest BCUT2D eigenvalue weighted by atomic mass is 16.3. The summed E-state index contributed by atoms with van der Waals surface area (Å²) in [6.07, 6.45) is 9.37. The minimum atomic E-state index is -0.127. The number of nitrogens with zero attached hydrogens (tertiary/aromatic N) is 3. The number of aliphatic hydroxyl groups excluding tert-OH is 1. The molecule has 0 spiro atoms. The highest BCUT2D eigenvalue weighted by molar-refractivity contribution is 5.80. The second-order valence-corrected chi connectivity index (χ2v) is 7.41. The molecule has 0 radical (unpaired) electrons. The molecular formula is C20H33N5O. The van der Waals surface area contributed by atoms with Crippen LogP contribution in [0.1, 0.15) is 57.4 Å². The summed E-state index contributed by atoms with van der Waals surface area (Å²) >= 11 is 0. The molecule has 2 fully saturated rings. The highest BCUT2D eigenvalue weighted by Gasteiger charge is 2.20. The first kappa shape index (κ1) is 19.0. The minimum Gasteiger partial charge on any atom is -0.393 e. The summed E-state index contributed by atoms with van der Waals surface area (Å²) in [7, 11) is 0. The Morgan fingerprint density at radius 1 is 1.23 bits per heavy atom. The molecule has 1 aromatic heterocycles. The third-order valence-electron chi connectivity index (χ3n) is 5.29. The van der Waals surface area contributed by atoms with Crippen molar-refractivity contribution >= 4 is 11.8 Å². The summed E-state index contributed by atoms with van der Waals surface area (Å²) in [6, 6.07) is 4.63. The fourth-order valence-corrected chi connectivity index (χ4v) is 3.76. The van der Waals surface area contributed by atoms with Gasteiger partial charge in [0.2, 0.25) is 0 Å². The molecule has 3 rings (SSSR count). The van der Waals surface area contributed by atoms with Gasteiger partial charge in [-0.25, -0.2) is 9.98 Å². The van der Waals surface area contributed by atoms with Crippen LogP contribution >= 0.6 is 0 Å². The van der Waals surface area contributed by atoms with E-state index in [9.17, 15) is 5.11 Å². The monoisotopic (exact) mass is 359 g/mol. The van der Waals surface area contributed by atoms with Crippen LogP contribution in [0.2, 0.25) is 0 Å². The maximum atomic E-state index is 9.67. The third kappa shape index (κ3) is 5.59. The van der Waals surface area contributed by atoms with Crippen molar-refractivity contribution in [2.75, 3.05) is 24.5 Å². The van der Waals surface area contributed by atoms with E-state index >= 15 is 0 Å². The van der Waals surface area contributed by atoms with Gasteiger partial charge in [-0.05, 0) is 69.6 Å². The average molecular weight is 360 g/mol. The Hall–Kier alpha value is -1.82. The zero-order valence-corrected chi connectivity index (χ0v) is 16.0. The molecule has 0 unspecified atom stereocenters. The standard InChI is InChI=1S/C20H33N5O/c1-2-21-20(24-17-6-8-18(26)9-7-17)23-15-16-10-11-22-19(14-16)25-12-4-3-5-13-25/h10-11,14,17-18,26H,2-9,12-13,15H2,1H3,(H2,21,23,24). The zero-order valence-electron chi connectivity index (χ0n) is 16.0. The summed E-state index contributed by atoms with van der Waals surface area (Å²) in [6.45, 7) is 5.79. The van der Waals surface area contributed by atoms with Gasteiger partial charge in [0.05, 0.1) is 12.6 Å². The largest absolute Gasteiger partial charge is 0.393 e. The maximum Gasteiger partial charge on any atom is 0.191 e. The second-order valence-electron chi connectivity index (χ2n) is 7.41. The third-order valence-corrected chi connectivity index (χ3v) is 5.29. The molecule has 3 N–H and O–H groups in total. The van der Waals surface area contributed by atoms with Crippen molar-refractivity contribution in [1.82, 2.24) is 15.6 Å². The molecule has 1 aromatic rings. The van der Waals surface area contributed by atoms with E-state index in [-0.39, 0.29) is 6.10 Å². The molecule has 144 valence electrons. The van der Waals surface area contributed by atoms with Gasteiger partial charge in [0, 0.05) is 31.9 Å². The Morgan fingerprint density at radius 2 is 2.00 bits per heavy atom. The van der Waals surface area contributed by atoms with Crippen LogP contribution in [0, 0.1) is 0 Å². The number of rotatable bonds is 5. The van der Waals surface area contributed by atoms with Gasteiger partial charge in [-0.15, -0.1) is 0 Å². The van der Waals surface area contributed by atoms with Crippen LogP contribution in [0.4, 0.5) is 5.82 Å². The molecule has 2 heterocycles. The van der Waals surface area contributed by atoms with Crippen molar-refractivity contribution in [2.45, 2.75) is 70.6 Å². The minimum absolute atomic E-state index is 0.127. The summed E-state index contributed by atoms with van der Waals surface area (Å²) in [5, 5.41) is 16.5. The van der Waals surface area contributed by atoms with Crippen LogP contribution in [0.3, 0.4) is 0 Å². The predicted octanol–water partition coefficient (Wildman–Crippen LogP) is 2.43. The molecule has 2 aliphatic rings. The van der Waals surface area contributed by atoms with Crippen LogP contribution in [0.5, 0.6) is 0 Å². The quantitative estimate of drug-likeness (QED) is 0.556. The van der Waals surface area contributed by atoms with E-state index in [0.29, 0.717) is 12.6 Å². The molecular weight excluding hydrogens is 326 g/mol. The van der Waals surface area contributed by atoms with Gasteiger partial charge >= 0.3 is 0 Å². The van der Waals surface area contributed by atoms with Gasteiger partial charge in [0.1, 0.15) is 5.82 Å². The molecule has 0 bridgehead atoms. The SMILES string of the molecule is CCNC(=NCc1ccnc(N2CCCCC2)c1)NC1CCC(O)CC1. The van der Waals surface area contributed by atoms with Gasteiger partial charge in [-0.3, -0.25) is 0 Å². The Kier molecular flexibility index (Phi) is 7.12. The number of pyridine rings is 1. The molecule has 0 aromatic carbocycles. The molecule has 0 atom stereocenters. The van der Waals surface area contributed by atoms with Crippen molar-refractivity contribution in [2.24, 2.45) is 4.99 Å². The van der Waals surface area contributed by atoms with Gasteiger partial charge in [-0.1, -0.05) is 0 Å². The van der Waals surface area contributed by atoms with E-state index in [1.54, 1.807) is 0 Å². The van der Waals surface area contributed by atoms with Crippen LogP contribution in [0.25, 0.3) is 0 Å². The Bertz CT molecular complexity index is 577. The normalized spacial score (nSPS) is 24.4. The summed E-state index contributed by atoms with van der Waals surface area (Å²) in [4.78, 5) is 11.7. The van der Waals surface area contributed by atoms with Gasteiger partial charge in [-0.2, -0.15) is 0 Å². The molecule has 0 amide bonds. The Labute approximate surface area is 157 Å². The lowest BCUT2D eigenvalue weighted by Gasteiger charge is -2.28. The number of aromatic nitrogens is 1. The molecule has 6 nitrogen and oxygen atoms in total. The van der Waals surface area contributed by atoms with Crippen molar-refractivity contribution in [1.29, 1.82) is 0 Å².